The Morgan fingerprint density at radius 3 is 2.83 bits per heavy atom. The molecule has 0 aromatic heterocycles. The van der Waals surface area contributed by atoms with E-state index in [9.17, 15) is 10.1 Å². The fourth-order valence-electron chi connectivity index (χ4n) is 3.49. The van der Waals surface area contributed by atoms with Crippen LogP contribution in [0.5, 0.6) is 0 Å². The zero-order chi connectivity index (χ0) is 16.8. The van der Waals surface area contributed by atoms with Crippen LogP contribution >= 0.6 is 0 Å². The van der Waals surface area contributed by atoms with E-state index in [2.05, 4.69) is 23.1 Å². The monoisotopic (exact) mass is 327 g/mol. The molecule has 2 aliphatic heterocycles. The third-order valence-electron chi connectivity index (χ3n) is 4.93. The van der Waals surface area contributed by atoms with Gasteiger partial charge in [-0.1, -0.05) is 30.3 Å². The van der Waals surface area contributed by atoms with Gasteiger partial charge in [-0.25, -0.2) is 0 Å². The second-order valence-electron chi connectivity index (χ2n) is 6.61. The van der Waals surface area contributed by atoms with Gasteiger partial charge in [-0.15, -0.1) is 0 Å². The van der Waals surface area contributed by atoms with Crippen LogP contribution in [0, 0.1) is 11.3 Å². The predicted molar refractivity (Wildman–Crippen MR) is 91.0 cm³/mol. The molecule has 2 fully saturated rings. The number of piperazine rings is 1. The van der Waals surface area contributed by atoms with Gasteiger partial charge in [-0.05, 0) is 24.8 Å². The maximum Gasteiger partial charge on any atom is 0.222 e. The Morgan fingerprint density at radius 2 is 2.12 bits per heavy atom. The van der Waals surface area contributed by atoms with E-state index < -0.39 is 0 Å². The van der Waals surface area contributed by atoms with Gasteiger partial charge in [0.05, 0.1) is 12.2 Å². The number of carbonyl (C=O) groups excluding carboxylic acids is 1. The summed E-state index contributed by atoms with van der Waals surface area (Å²) in [6.45, 7) is 3.55. The van der Waals surface area contributed by atoms with Gasteiger partial charge >= 0.3 is 0 Å². The van der Waals surface area contributed by atoms with Crippen LogP contribution < -0.4 is 0 Å². The summed E-state index contributed by atoms with van der Waals surface area (Å²) in [7, 11) is 0. The van der Waals surface area contributed by atoms with Crippen LogP contribution in [0.2, 0.25) is 0 Å². The van der Waals surface area contributed by atoms with E-state index in [0.717, 1.165) is 39.0 Å². The smallest absolute Gasteiger partial charge is 0.222 e. The highest BCUT2D eigenvalue weighted by atomic mass is 16.5. The molecule has 0 saturated carbocycles. The summed E-state index contributed by atoms with van der Waals surface area (Å²) in [6.07, 6.45) is 3.76. The van der Waals surface area contributed by atoms with Crippen molar-refractivity contribution in [3.63, 3.8) is 0 Å². The lowest BCUT2D eigenvalue weighted by Crippen LogP contribution is -2.53. The van der Waals surface area contributed by atoms with Crippen molar-refractivity contribution in [2.45, 2.75) is 44.4 Å². The first-order valence-electron chi connectivity index (χ1n) is 8.83. The minimum atomic E-state index is -0.231. The molecule has 2 aliphatic rings. The third kappa shape index (κ3) is 4.34. The summed E-state index contributed by atoms with van der Waals surface area (Å²) in [5.74, 6) is 0.158. The van der Waals surface area contributed by atoms with Gasteiger partial charge in [0.2, 0.25) is 5.91 Å². The molecule has 3 rings (SSSR count). The van der Waals surface area contributed by atoms with E-state index in [4.69, 9.17) is 4.74 Å². The van der Waals surface area contributed by atoms with Crippen molar-refractivity contribution in [2.24, 2.45) is 0 Å². The van der Waals surface area contributed by atoms with Crippen LogP contribution in [0.1, 0.15) is 31.2 Å². The molecule has 0 N–H and O–H groups in total. The van der Waals surface area contributed by atoms with E-state index in [-0.39, 0.29) is 18.1 Å². The summed E-state index contributed by atoms with van der Waals surface area (Å²) in [4.78, 5) is 16.4. The highest BCUT2D eigenvalue weighted by Gasteiger charge is 2.29. The number of hydrogen-bond acceptors (Lipinski definition) is 4. The van der Waals surface area contributed by atoms with Crippen molar-refractivity contribution in [3.8, 4) is 6.07 Å². The van der Waals surface area contributed by atoms with Gasteiger partial charge < -0.3 is 9.64 Å². The van der Waals surface area contributed by atoms with E-state index in [1.807, 2.05) is 23.1 Å². The number of benzene rings is 1. The van der Waals surface area contributed by atoms with Crippen LogP contribution in [0.15, 0.2) is 30.3 Å². The fourth-order valence-corrected chi connectivity index (χ4v) is 3.49. The third-order valence-corrected chi connectivity index (χ3v) is 4.93. The quantitative estimate of drug-likeness (QED) is 0.832. The molecule has 128 valence electrons. The van der Waals surface area contributed by atoms with Crippen LogP contribution in [0.25, 0.3) is 0 Å². The zero-order valence-electron chi connectivity index (χ0n) is 14.1. The van der Waals surface area contributed by atoms with Crippen molar-refractivity contribution >= 4 is 5.91 Å². The van der Waals surface area contributed by atoms with Gasteiger partial charge in [-0.2, -0.15) is 5.26 Å². The molecule has 2 atom stereocenters. The molecule has 2 saturated heterocycles. The lowest BCUT2D eigenvalue weighted by molar-refractivity contribution is -0.134. The molecule has 0 aliphatic carbocycles. The molecule has 0 bridgehead atoms. The second-order valence-corrected chi connectivity index (χ2v) is 6.61. The van der Waals surface area contributed by atoms with Crippen LogP contribution in [0.4, 0.5) is 0 Å². The van der Waals surface area contributed by atoms with Gasteiger partial charge in [-0.3, -0.25) is 9.69 Å². The van der Waals surface area contributed by atoms with Crippen molar-refractivity contribution in [1.29, 1.82) is 5.26 Å². The lowest BCUT2D eigenvalue weighted by Gasteiger charge is -2.38. The Hall–Kier alpha value is -1.90. The van der Waals surface area contributed by atoms with Gasteiger partial charge in [0.15, 0.2) is 0 Å². The number of hydrogen-bond donors (Lipinski definition) is 0. The Morgan fingerprint density at radius 1 is 1.29 bits per heavy atom. The number of nitrogens with zero attached hydrogens (tertiary/aromatic N) is 3. The SMILES string of the molecule is N#CC1CN(C(=O)CCC2CCCO2)CCN1Cc1ccccc1. The molecular weight excluding hydrogens is 302 g/mol. The standard InChI is InChI=1S/C19H25N3O2/c20-13-17-15-22(19(23)9-8-18-7-4-12-24-18)11-10-21(17)14-16-5-2-1-3-6-16/h1-3,5-6,17-18H,4,7-12,14-15H2. The van der Waals surface area contributed by atoms with Crippen LogP contribution in [0.3, 0.4) is 0 Å². The Kier molecular flexibility index (Phi) is 5.84. The molecule has 0 spiro atoms. The molecule has 2 heterocycles. The topological polar surface area (TPSA) is 56.6 Å². The first kappa shape index (κ1) is 16.9. The second kappa shape index (κ2) is 8.27. The Bertz CT molecular complexity index is 578. The molecule has 24 heavy (non-hydrogen) atoms. The normalized spacial score (nSPS) is 24.7. The minimum absolute atomic E-state index is 0.158. The average molecular weight is 327 g/mol. The molecule has 2 unspecified atom stereocenters. The van der Waals surface area contributed by atoms with Crippen molar-refractivity contribution in [3.05, 3.63) is 35.9 Å². The molecule has 1 aromatic carbocycles. The lowest BCUT2D eigenvalue weighted by atomic mass is 10.1. The summed E-state index contributed by atoms with van der Waals surface area (Å²) < 4.78 is 5.59. The Labute approximate surface area is 143 Å². The van der Waals surface area contributed by atoms with Gasteiger partial charge in [0.25, 0.3) is 0 Å². The maximum absolute atomic E-state index is 12.4. The first-order chi connectivity index (χ1) is 11.8. The van der Waals surface area contributed by atoms with E-state index in [1.54, 1.807) is 0 Å². The summed E-state index contributed by atoms with van der Waals surface area (Å²) in [5, 5.41) is 9.49. The summed E-state index contributed by atoms with van der Waals surface area (Å²) >= 11 is 0. The highest BCUT2D eigenvalue weighted by Crippen LogP contribution is 2.19. The molecular formula is C19H25N3O2. The van der Waals surface area contributed by atoms with Crippen molar-refractivity contribution in [2.75, 3.05) is 26.2 Å². The van der Waals surface area contributed by atoms with Gasteiger partial charge in [0, 0.05) is 39.2 Å². The summed E-state index contributed by atoms with van der Waals surface area (Å²) in [5.41, 5.74) is 1.20. The number of nitriles is 1. The number of rotatable bonds is 5. The number of ether oxygens (including phenoxy) is 1. The first-order valence-corrected chi connectivity index (χ1v) is 8.83. The zero-order valence-corrected chi connectivity index (χ0v) is 14.1. The molecule has 1 amide bonds. The highest BCUT2D eigenvalue weighted by molar-refractivity contribution is 5.76. The predicted octanol–water partition coefficient (Wildman–Crippen LogP) is 2.18. The fraction of sp³-hybridized carbons (Fsp3) is 0.579. The van der Waals surface area contributed by atoms with E-state index >= 15 is 0 Å². The average Bonchev–Trinajstić information content (AvgIpc) is 3.14. The minimum Gasteiger partial charge on any atom is -0.378 e. The van der Waals surface area contributed by atoms with Crippen molar-refractivity contribution < 1.29 is 9.53 Å². The molecule has 1 aromatic rings. The van der Waals surface area contributed by atoms with Crippen LogP contribution in [-0.4, -0.2) is 54.1 Å². The maximum atomic E-state index is 12.4. The molecule has 5 heteroatoms. The largest absolute Gasteiger partial charge is 0.378 e. The molecule has 5 nitrogen and oxygen atoms in total. The van der Waals surface area contributed by atoms with Crippen LogP contribution in [-0.2, 0) is 16.1 Å². The molecule has 0 radical (unpaired) electrons. The van der Waals surface area contributed by atoms with E-state index in [1.165, 1.54) is 5.56 Å². The number of amides is 1. The van der Waals surface area contributed by atoms with E-state index in [0.29, 0.717) is 19.5 Å². The van der Waals surface area contributed by atoms with Crippen molar-refractivity contribution in [1.82, 2.24) is 9.80 Å². The number of carbonyl (C=O) groups is 1. The Balaban J connectivity index is 1.50. The van der Waals surface area contributed by atoms with Gasteiger partial charge in [0.1, 0.15) is 6.04 Å². The summed E-state index contributed by atoms with van der Waals surface area (Å²) in [6, 6.07) is 12.3.